The van der Waals surface area contributed by atoms with Crippen LogP contribution >= 0.6 is 0 Å². The number of amides is 1. The summed E-state index contributed by atoms with van der Waals surface area (Å²) in [7, 11) is -3.51. The van der Waals surface area contributed by atoms with Crippen LogP contribution in [-0.2, 0) is 16.2 Å². The molecule has 0 aliphatic heterocycles. The molecule has 1 atom stereocenters. The molecule has 0 aliphatic rings. The molecule has 0 bridgehead atoms. The molecule has 0 saturated carbocycles. The zero-order valence-electron chi connectivity index (χ0n) is 16.6. The smallest absolute Gasteiger partial charge is 0.416 e. The molecule has 7 nitrogen and oxygen atoms in total. The molecule has 31 heavy (non-hydrogen) atoms. The number of halogens is 3. The quantitative estimate of drug-likeness (QED) is 0.506. The van der Waals surface area contributed by atoms with Crippen molar-refractivity contribution in [3.05, 3.63) is 59.7 Å². The summed E-state index contributed by atoms with van der Waals surface area (Å²) in [5.41, 5.74) is -0.473. The van der Waals surface area contributed by atoms with Crippen molar-refractivity contribution in [3.63, 3.8) is 0 Å². The van der Waals surface area contributed by atoms with E-state index in [0.29, 0.717) is 6.42 Å². The molecule has 0 fully saturated rings. The van der Waals surface area contributed by atoms with Crippen molar-refractivity contribution >= 4 is 21.6 Å². The van der Waals surface area contributed by atoms with Gasteiger partial charge in [0.15, 0.2) is 0 Å². The van der Waals surface area contributed by atoms with Gasteiger partial charge in [-0.25, -0.2) is 8.42 Å². The summed E-state index contributed by atoms with van der Waals surface area (Å²) in [6.45, 7) is 1.17. The molecule has 0 radical (unpaired) electrons. The number of ether oxygens (including phenoxy) is 1. The molecule has 1 amide bonds. The zero-order chi connectivity index (χ0) is 23.1. The highest BCUT2D eigenvalue weighted by Gasteiger charge is 2.30. The van der Waals surface area contributed by atoms with Gasteiger partial charge in [-0.05, 0) is 42.8 Å². The molecule has 2 rings (SSSR count). The topological polar surface area (TPSA) is 105 Å². The minimum Gasteiger partial charge on any atom is -0.491 e. The number of alkyl halides is 3. The highest BCUT2D eigenvalue weighted by molar-refractivity contribution is 7.92. The predicted octanol–water partition coefficient (Wildman–Crippen LogP) is 3.03. The van der Waals surface area contributed by atoms with Crippen LogP contribution in [-0.4, -0.2) is 44.4 Å². The van der Waals surface area contributed by atoms with Gasteiger partial charge in [0.1, 0.15) is 18.5 Å². The number of aliphatic hydroxyl groups is 1. The van der Waals surface area contributed by atoms with Gasteiger partial charge in [-0.1, -0.05) is 19.1 Å². The summed E-state index contributed by atoms with van der Waals surface area (Å²) >= 11 is 0. The van der Waals surface area contributed by atoms with Crippen LogP contribution < -0.4 is 14.8 Å². The van der Waals surface area contributed by atoms with Crippen LogP contribution in [0.5, 0.6) is 5.75 Å². The number of hydrogen-bond acceptors (Lipinski definition) is 5. The van der Waals surface area contributed by atoms with Gasteiger partial charge in [0.2, 0.25) is 10.0 Å². The van der Waals surface area contributed by atoms with Crippen molar-refractivity contribution in [2.24, 2.45) is 0 Å². The highest BCUT2D eigenvalue weighted by Crippen LogP contribution is 2.31. The van der Waals surface area contributed by atoms with Crippen molar-refractivity contribution < 1.29 is 36.2 Å². The summed E-state index contributed by atoms with van der Waals surface area (Å²) in [4.78, 5) is 12.3. The first-order valence-electron chi connectivity index (χ1n) is 9.37. The van der Waals surface area contributed by atoms with Gasteiger partial charge in [0.05, 0.1) is 11.3 Å². The number of aliphatic hydroxyl groups excluding tert-OH is 1. The Balaban J connectivity index is 1.88. The normalized spacial score (nSPS) is 12.8. The number of carbonyl (C=O) groups is 1. The Hall–Kier alpha value is -2.79. The van der Waals surface area contributed by atoms with Crippen LogP contribution in [0.4, 0.5) is 18.9 Å². The van der Waals surface area contributed by atoms with Crippen LogP contribution in [0.15, 0.2) is 48.5 Å². The molecule has 0 aliphatic carbocycles. The predicted molar refractivity (Wildman–Crippen MR) is 109 cm³/mol. The van der Waals surface area contributed by atoms with Crippen molar-refractivity contribution in [3.8, 4) is 5.75 Å². The molecule has 1 unspecified atom stereocenters. The molecule has 0 saturated heterocycles. The van der Waals surface area contributed by atoms with Gasteiger partial charge in [-0.2, -0.15) is 13.2 Å². The third kappa shape index (κ3) is 8.10. The minimum atomic E-state index is -4.51. The maximum Gasteiger partial charge on any atom is 0.416 e. The van der Waals surface area contributed by atoms with Gasteiger partial charge in [-0.15, -0.1) is 0 Å². The van der Waals surface area contributed by atoms with Crippen LogP contribution in [0.2, 0.25) is 0 Å². The summed E-state index contributed by atoms with van der Waals surface area (Å²) < 4.78 is 69.3. The Bertz CT molecular complexity index is 996. The van der Waals surface area contributed by atoms with Crippen LogP contribution in [0, 0.1) is 0 Å². The minimum absolute atomic E-state index is 0.0541. The Kier molecular flexibility index (Phi) is 8.28. The third-order valence-electron chi connectivity index (χ3n) is 3.97. The fraction of sp³-hybridized carbons (Fsp3) is 0.350. The van der Waals surface area contributed by atoms with Crippen LogP contribution in [0.1, 0.15) is 29.3 Å². The number of carbonyl (C=O) groups excluding carboxylic acids is 1. The third-order valence-corrected chi connectivity index (χ3v) is 5.47. The number of rotatable bonds is 10. The van der Waals surface area contributed by atoms with E-state index < -0.39 is 33.8 Å². The fourth-order valence-corrected chi connectivity index (χ4v) is 3.67. The van der Waals surface area contributed by atoms with Crippen LogP contribution in [0.3, 0.4) is 0 Å². The molecule has 3 N–H and O–H groups in total. The van der Waals surface area contributed by atoms with E-state index in [9.17, 15) is 31.5 Å². The lowest BCUT2D eigenvalue weighted by molar-refractivity contribution is -0.137. The van der Waals surface area contributed by atoms with E-state index in [2.05, 4.69) is 10.0 Å². The Morgan fingerprint density at radius 2 is 1.87 bits per heavy atom. The largest absolute Gasteiger partial charge is 0.491 e. The molecule has 0 aromatic heterocycles. The fourth-order valence-electron chi connectivity index (χ4n) is 2.55. The van der Waals surface area contributed by atoms with Gasteiger partial charge in [0, 0.05) is 17.8 Å². The van der Waals surface area contributed by atoms with E-state index in [-0.39, 0.29) is 35.9 Å². The SMILES string of the molecule is CCCS(=O)(=O)Nc1cccc(C(=O)NCC(O)COc2cccc(C(F)(F)F)c2)c1. The second-order valence-corrected chi connectivity index (χ2v) is 8.54. The Labute approximate surface area is 178 Å². The number of nitrogens with one attached hydrogen (secondary N) is 2. The first-order valence-corrected chi connectivity index (χ1v) is 11.0. The van der Waals surface area contributed by atoms with Crippen molar-refractivity contribution in [2.45, 2.75) is 25.6 Å². The monoisotopic (exact) mass is 460 g/mol. The van der Waals surface area contributed by atoms with Gasteiger partial charge < -0.3 is 15.2 Å². The van der Waals surface area contributed by atoms with E-state index in [1.54, 1.807) is 6.92 Å². The number of benzene rings is 2. The van der Waals surface area contributed by atoms with E-state index in [0.717, 1.165) is 12.1 Å². The van der Waals surface area contributed by atoms with Crippen LogP contribution in [0.25, 0.3) is 0 Å². The number of hydrogen-bond donors (Lipinski definition) is 3. The second-order valence-electron chi connectivity index (χ2n) is 6.70. The molecule has 2 aromatic carbocycles. The van der Waals surface area contributed by atoms with E-state index in [1.807, 2.05) is 0 Å². The molecular formula is C20H23F3N2O5S. The Morgan fingerprint density at radius 1 is 1.16 bits per heavy atom. The van der Waals surface area contributed by atoms with E-state index in [1.165, 1.54) is 36.4 Å². The lowest BCUT2D eigenvalue weighted by Gasteiger charge is -2.15. The maximum atomic E-state index is 12.7. The maximum absolute atomic E-state index is 12.7. The lowest BCUT2D eigenvalue weighted by atomic mass is 10.2. The highest BCUT2D eigenvalue weighted by atomic mass is 32.2. The standard InChI is InChI=1S/C20H23F3N2O5S/c1-2-9-31(28,29)25-16-7-3-5-14(10-16)19(27)24-12-17(26)13-30-18-8-4-6-15(11-18)20(21,22)23/h3-8,10-11,17,25-26H,2,9,12-13H2,1H3,(H,24,27). The van der Waals surface area contributed by atoms with Crippen molar-refractivity contribution in [2.75, 3.05) is 23.6 Å². The number of sulfonamides is 1. The molecule has 0 heterocycles. The molecule has 2 aromatic rings. The average Bonchev–Trinajstić information content (AvgIpc) is 2.69. The summed E-state index contributed by atoms with van der Waals surface area (Å²) in [5.74, 6) is -0.677. The summed E-state index contributed by atoms with van der Waals surface area (Å²) in [5, 5.41) is 12.4. The van der Waals surface area contributed by atoms with Crippen molar-refractivity contribution in [1.29, 1.82) is 0 Å². The van der Waals surface area contributed by atoms with E-state index in [4.69, 9.17) is 4.74 Å². The first kappa shape index (κ1) is 24.5. The first-order chi connectivity index (χ1) is 14.5. The lowest BCUT2D eigenvalue weighted by Crippen LogP contribution is -2.35. The average molecular weight is 460 g/mol. The molecule has 170 valence electrons. The summed E-state index contributed by atoms with van der Waals surface area (Å²) in [6, 6.07) is 10.1. The van der Waals surface area contributed by atoms with Gasteiger partial charge in [-0.3, -0.25) is 9.52 Å². The Morgan fingerprint density at radius 3 is 2.55 bits per heavy atom. The second kappa shape index (κ2) is 10.5. The van der Waals surface area contributed by atoms with Crippen molar-refractivity contribution in [1.82, 2.24) is 5.32 Å². The summed E-state index contributed by atoms with van der Waals surface area (Å²) in [6.07, 6.45) is -5.24. The molecule has 0 spiro atoms. The zero-order valence-corrected chi connectivity index (χ0v) is 17.5. The molecule has 11 heteroatoms. The van der Waals surface area contributed by atoms with Gasteiger partial charge in [0.25, 0.3) is 5.91 Å². The van der Waals surface area contributed by atoms with E-state index >= 15 is 0 Å². The molecular weight excluding hydrogens is 437 g/mol. The number of anilines is 1. The van der Waals surface area contributed by atoms with Gasteiger partial charge >= 0.3 is 6.18 Å².